The second-order valence-corrected chi connectivity index (χ2v) is 4.47. The molecule has 1 rings (SSSR count). The van der Waals surface area contributed by atoms with Gasteiger partial charge in [0.25, 0.3) is 0 Å². The number of phenolic OH excluding ortho intramolecular Hbond substituents is 1. The molecule has 1 unspecified atom stereocenters. The van der Waals surface area contributed by atoms with Gasteiger partial charge in [-0.05, 0) is 24.5 Å². The summed E-state index contributed by atoms with van der Waals surface area (Å²) in [5.41, 5.74) is 1.81. The van der Waals surface area contributed by atoms with Crippen molar-refractivity contribution in [2.24, 2.45) is 0 Å². The van der Waals surface area contributed by atoms with E-state index in [1.165, 1.54) is 7.11 Å². The number of hydrogen-bond donors (Lipinski definition) is 3. The fourth-order valence-electron chi connectivity index (χ4n) is 1.90. The molecule has 0 aliphatic carbocycles. The third-order valence-corrected chi connectivity index (χ3v) is 3.11. The van der Waals surface area contributed by atoms with Crippen LogP contribution in [0.2, 0.25) is 0 Å². The minimum atomic E-state index is 0.0858. The zero-order valence-corrected chi connectivity index (χ0v) is 11.6. The monoisotopic (exact) mass is 265 g/mol. The molecule has 0 radical (unpaired) electrons. The Labute approximate surface area is 114 Å². The highest BCUT2D eigenvalue weighted by molar-refractivity contribution is 5.49. The Bertz CT molecular complexity index is 414. The maximum absolute atomic E-state index is 9.98. The van der Waals surface area contributed by atoms with Crippen LogP contribution in [0.1, 0.15) is 24.5 Å². The van der Waals surface area contributed by atoms with E-state index in [9.17, 15) is 5.11 Å². The Morgan fingerprint density at radius 1 is 1.47 bits per heavy atom. The summed E-state index contributed by atoms with van der Waals surface area (Å²) >= 11 is 0. The summed E-state index contributed by atoms with van der Waals surface area (Å²) in [4.78, 5) is 0. The number of aromatic hydroxyl groups is 1. The van der Waals surface area contributed by atoms with Crippen LogP contribution in [0, 0.1) is 0 Å². The zero-order chi connectivity index (χ0) is 14.3. The summed E-state index contributed by atoms with van der Waals surface area (Å²) < 4.78 is 5.17. The highest BCUT2D eigenvalue weighted by atomic mass is 16.5. The third-order valence-electron chi connectivity index (χ3n) is 3.11. The van der Waals surface area contributed by atoms with Gasteiger partial charge in [-0.25, -0.2) is 0 Å². The molecular formula is C15H23NO3. The first kappa shape index (κ1) is 15.5. The van der Waals surface area contributed by atoms with Gasteiger partial charge in [0.2, 0.25) is 0 Å². The van der Waals surface area contributed by atoms with Crippen LogP contribution in [0.15, 0.2) is 24.8 Å². The van der Waals surface area contributed by atoms with Gasteiger partial charge in [-0.1, -0.05) is 19.1 Å². The normalized spacial score (nSPS) is 12.2. The third kappa shape index (κ3) is 4.26. The van der Waals surface area contributed by atoms with E-state index in [1.807, 2.05) is 13.0 Å². The highest BCUT2D eigenvalue weighted by Gasteiger charge is 2.10. The molecule has 1 atom stereocenters. The first-order chi connectivity index (χ1) is 9.15. The van der Waals surface area contributed by atoms with Crippen molar-refractivity contribution in [3.63, 3.8) is 0 Å². The summed E-state index contributed by atoms with van der Waals surface area (Å²) in [6.45, 7) is 6.45. The molecule has 1 aromatic rings. The smallest absolute Gasteiger partial charge is 0.161 e. The van der Waals surface area contributed by atoms with Gasteiger partial charge in [-0.2, -0.15) is 0 Å². The van der Waals surface area contributed by atoms with Crippen LogP contribution in [0.3, 0.4) is 0 Å². The van der Waals surface area contributed by atoms with E-state index in [2.05, 4.69) is 11.9 Å². The topological polar surface area (TPSA) is 61.7 Å². The fourth-order valence-corrected chi connectivity index (χ4v) is 1.90. The SMILES string of the molecule is C=CCc1cc(CNC(CC)CO)cc(OC)c1O. The zero-order valence-electron chi connectivity index (χ0n) is 11.6. The van der Waals surface area contributed by atoms with Crippen LogP contribution >= 0.6 is 0 Å². The highest BCUT2D eigenvalue weighted by Crippen LogP contribution is 2.32. The Hall–Kier alpha value is -1.52. The van der Waals surface area contributed by atoms with Crippen LogP contribution in [0.4, 0.5) is 0 Å². The molecule has 0 aromatic heterocycles. The summed E-state index contributed by atoms with van der Waals surface area (Å²) in [5.74, 6) is 0.633. The molecule has 0 bridgehead atoms. The molecule has 0 fully saturated rings. The van der Waals surface area contributed by atoms with Crippen molar-refractivity contribution in [2.45, 2.75) is 32.4 Å². The maximum Gasteiger partial charge on any atom is 0.161 e. The lowest BCUT2D eigenvalue weighted by atomic mass is 10.1. The van der Waals surface area contributed by atoms with Crippen LogP contribution in [0.25, 0.3) is 0 Å². The first-order valence-electron chi connectivity index (χ1n) is 6.50. The fraction of sp³-hybridized carbons (Fsp3) is 0.467. The summed E-state index contributed by atoms with van der Waals surface area (Å²) in [7, 11) is 1.53. The molecule has 4 nitrogen and oxygen atoms in total. The van der Waals surface area contributed by atoms with Crippen LogP contribution < -0.4 is 10.1 Å². The van der Waals surface area contributed by atoms with Gasteiger partial charge in [0.15, 0.2) is 11.5 Å². The largest absolute Gasteiger partial charge is 0.504 e. The molecule has 0 saturated carbocycles. The Morgan fingerprint density at radius 2 is 2.21 bits per heavy atom. The first-order valence-corrected chi connectivity index (χ1v) is 6.50. The van der Waals surface area contributed by atoms with Crippen LogP contribution in [-0.4, -0.2) is 30.0 Å². The number of nitrogens with one attached hydrogen (secondary N) is 1. The van der Waals surface area contributed by atoms with Crippen LogP contribution in [0.5, 0.6) is 11.5 Å². The average molecular weight is 265 g/mol. The van der Waals surface area contributed by atoms with Gasteiger partial charge >= 0.3 is 0 Å². The van der Waals surface area contributed by atoms with E-state index in [-0.39, 0.29) is 18.4 Å². The lowest BCUT2D eigenvalue weighted by Gasteiger charge is -2.16. The number of allylic oxidation sites excluding steroid dienone is 1. The number of ether oxygens (including phenoxy) is 1. The standard InChI is InChI=1S/C15H23NO3/c1-4-6-12-7-11(8-14(19-3)15(12)18)9-16-13(5-2)10-17/h4,7-8,13,16-18H,1,5-6,9-10H2,2-3H3. The molecular weight excluding hydrogens is 242 g/mol. The Balaban J connectivity index is 2.88. The van der Waals surface area contributed by atoms with Crippen molar-refractivity contribution >= 4 is 0 Å². The number of phenols is 1. The molecule has 19 heavy (non-hydrogen) atoms. The number of hydrogen-bond acceptors (Lipinski definition) is 4. The quantitative estimate of drug-likeness (QED) is 0.629. The number of benzene rings is 1. The summed E-state index contributed by atoms with van der Waals surface area (Å²) in [5, 5.41) is 22.4. The van der Waals surface area contributed by atoms with Gasteiger partial charge in [-0.3, -0.25) is 0 Å². The molecule has 0 amide bonds. The number of methoxy groups -OCH3 is 1. The number of rotatable bonds is 8. The minimum absolute atomic E-state index is 0.0858. The van der Waals surface area contributed by atoms with E-state index in [1.54, 1.807) is 12.1 Å². The molecule has 1 aromatic carbocycles. The molecule has 0 aliphatic rings. The molecule has 3 N–H and O–H groups in total. The lowest BCUT2D eigenvalue weighted by molar-refractivity contribution is 0.238. The molecule has 0 heterocycles. The molecule has 0 aliphatic heterocycles. The molecule has 0 spiro atoms. The second-order valence-electron chi connectivity index (χ2n) is 4.47. The predicted molar refractivity (Wildman–Crippen MR) is 76.6 cm³/mol. The van der Waals surface area contributed by atoms with E-state index in [4.69, 9.17) is 9.84 Å². The van der Waals surface area contributed by atoms with Crippen molar-refractivity contribution < 1.29 is 14.9 Å². The van der Waals surface area contributed by atoms with Crippen molar-refractivity contribution in [2.75, 3.05) is 13.7 Å². The number of aliphatic hydroxyl groups is 1. The minimum Gasteiger partial charge on any atom is -0.504 e. The summed E-state index contributed by atoms with van der Waals surface area (Å²) in [6.07, 6.45) is 3.20. The van der Waals surface area contributed by atoms with Gasteiger partial charge in [0.05, 0.1) is 13.7 Å². The second kappa shape index (κ2) is 7.81. The van der Waals surface area contributed by atoms with E-state index < -0.39 is 0 Å². The maximum atomic E-state index is 9.98. The molecule has 4 heteroatoms. The number of aliphatic hydroxyl groups excluding tert-OH is 1. The lowest BCUT2D eigenvalue weighted by Crippen LogP contribution is -2.31. The van der Waals surface area contributed by atoms with Crippen molar-refractivity contribution in [3.8, 4) is 11.5 Å². The van der Waals surface area contributed by atoms with Gasteiger partial charge in [-0.15, -0.1) is 6.58 Å². The van der Waals surface area contributed by atoms with E-state index in [0.717, 1.165) is 17.5 Å². The van der Waals surface area contributed by atoms with Crippen molar-refractivity contribution in [3.05, 3.63) is 35.9 Å². The van der Waals surface area contributed by atoms with Gasteiger partial charge in [0.1, 0.15) is 0 Å². The average Bonchev–Trinajstić information content (AvgIpc) is 2.43. The predicted octanol–water partition coefficient (Wildman–Crippen LogP) is 1.99. The Kier molecular flexibility index (Phi) is 6.39. The molecule has 106 valence electrons. The van der Waals surface area contributed by atoms with Crippen molar-refractivity contribution in [1.82, 2.24) is 5.32 Å². The molecule has 0 saturated heterocycles. The van der Waals surface area contributed by atoms with E-state index in [0.29, 0.717) is 18.7 Å². The van der Waals surface area contributed by atoms with Gasteiger partial charge in [0, 0.05) is 18.2 Å². The Morgan fingerprint density at radius 3 is 2.74 bits per heavy atom. The van der Waals surface area contributed by atoms with E-state index >= 15 is 0 Å². The van der Waals surface area contributed by atoms with Gasteiger partial charge < -0.3 is 20.3 Å². The van der Waals surface area contributed by atoms with Crippen LogP contribution in [-0.2, 0) is 13.0 Å². The summed E-state index contributed by atoms with van der Waals surface area (Å²) in [6, 6.07) is 3.82. The van der Waals surface area contributed by atoms with Crippen molar-refractivity contribution in [1.29, 1.82) is 0 Å².